The van der Waals surface area contributed by atoms with E-state index in [4.69, 9.17) is 10.5 Å². The van der Waals surface area contributed by atoms with Gasteiger partial charge in [-0.3, -0.25) is 10.0 Å². The van der Waals surface area contributed by atoms with Crippen molar-refractivity contribution in [3.8, 4) is 0 Å². The van der Waals surface area contributed by atoms with Gasteiger partial charge in [-0.15, -0.1) is 0 Å². The van der Waals surface area contributed by atoms with E-state index in [-0.39, 0.29) is 12.1 Å². The lowest BCUT2D eigenvalue weighted by molar-refractivity contribution is -0.138. The molecule has 0 amide bonds. The van der Waals surface area contributed by atoms with E-state index in [1.54, 1.807) is 17.5 Å². The van der Waals surface area contributed by atoms with Gasteiger partial charge in [-0.05, 0) is 11.0 Å². The molecular weight excluding hydrogens is 252 g/mol. The Bertz CT molecular complexity index is 501. The van der Waals surface area contributed by atoms with Crippen LogP contribution in [-0.4, -0.2) is 32.4 Å². The molecule has 94 valence electrons. The normalized spacial score (nSPS) is 18.6. The Kier molecular flexibility index (Phi) is 3.69. The number of nitrogens with one attached hydrogen (secondary N) is 1. The zero-order chi connectivity index (χ0) is 13.1. The van der Waals surface area contributed by atoms with E-state index in [1.165, 1.54) is 11.8 Å². The zero-order valence-corrected chi connectivity index (χ0v) is 10.2. The number of hydrogen-bond donors (Lipinski definition) is 3. The monoisotopic (exact) mass is 264 g/mol. The number of carbonyl (C=O) groups is 1. The number of thioether (sulfide) groups is 1. The summed E-state index contributed by atoms with van der Waals surface area (Å²) in [7, 11) is 0. The van der Waals surface area contributed by atoms with Crippen molar-refractivity contribution in [2.45, 2.75) is 11.8 Å². The van der Waals surface area contributed by atoms with Crippen molar-refractivity contribution in [2.24, 2.45) is 0 Å². The zero-order valence-electron chi connectivity index (χ0n) is 9.41. The van der Waals surface area contributed by atoms with Gasteiger partial charge in [0.2, 0.25) is 0 Å². The molecule has 2 rings (SSSR count). The van der Waals surface area contributed by atoms with Gasteiger partial charge in [0.1, 0.15) is 5.37 Å². The van der Waals surface area contributed by atoms with Gasteiger partial charge in [0.25, 0.3) is 0 Å². The van der Waals surface area contributed by atoms with Crippen molar-refractivity contribution in [2.75, 3.05) is 0 Å². The minimum Gasteiger partial charge on any atom is -0.481 e. The molecule has 5 nitrogen and oxygen atoms in total. The van der Waals surface area contributed by atoms with Crippen LogP contribution in [0.5, 0.6) is 0 Å². The number of aliphatic carboxylic acids is 1. The first-order chi connectivity index (χ1) is 8.59. The Balaban J connectivity index is 2.09. The van der Waals surface area contributed by atoms with Gasteiger partial charge in [0.15, 0.2) is 0 Å². The van der Waals surface area contributed by atoms with Gasteiger partial charge in [0.05, 0.1) is 17.8 Å². The van der Waals surface area contributed by atoms with Crippen molar-refractivity contribution in [1.29, 1.82) is 5.41 Å². The maximum atomic E-state index is 10.6. The van der Waals surface area contributed by atoms with E-state index >= 15 is 0 Å². The summed E-state index contributed by atoms with van der Waals surface area (Å²) >= 11 is 1.23. The van der Waals surface area contributed by atoms with Crippen LogP contribution in [0.25, 0.3) is 0 Å². The Hall–Kier alpha value is -1.79. The Labute approximate surface area is 108 Å². The van der Waals surface area contributed by atoms with Crippen LogP contribution in [0.15, 0.2) is 41.4 Å². The highest BCUT2D eigenvalue weighted by atomic mass is 32.2. The summed E-state index contributed by atoms with van der Waals surface area (Å²) in [6, 6.07) is 9.05. The quantitative estimate of drug-likeness (QED) is 0.725. The number of rotatable bonds is 4. The fourth-order valence-corrected chi connectivity index (χ4v) is 2.63. The highest BCUT2D eigenvalue weighted by Crippen LogP contribution is 2.32. The summed E-state index contributed by atoms with van der Waals surface area (Å²) in [5, 5.41) is 28.4. The largest absolute Gasteiger partial charge is 0.481 e. The predicted molar refractivity (Wildman–Crippen MR) is 68.6 cm³/mol. The molecule has 3 N–H and O–H groups in total. The van der Waals surface area contributed by atoms with Crippen molar-refractivity contribution in [3.05, 3.63) is 47.0 Å². The molecule has 1 aromatic rings. The van der Waals surface area contributed by atoms with Gasteiger partial charge >= 0.3 is 5.97 Å². The average molecular weight is 264 g/mol. The molecule has 1 unspecified atom stereocenters. The fraction of sp³-hybridized carbons (Fsp3) is 0.167. The predicted octanol–water partition coefficient (Wildman–Crippen LogP) is 2.13. The van der Waals surface area contributed by atoms with Crippen LogP contribution in [-0.2, 0) is 4.79 Å². The molecule has 1 atom stereocenters. The molecule has 0 aliphatic carbocycles. The van der Waals surface area contributed by atoms with Crippen LogP contribution in [0.2, 0.25) is 0 Å². The fourth-order valence-electron chi connectivity index (χ4n) is 1.63. The number of nitrogens with zero attached hydrogens (tertiary/aromatic N) is 1. The molecule has 0 radical (unpaired) electrons. The number of benzene rings is 1. The molecule has 0 saturated carbocycles. The third-order valence-corrected chi connectivity index (χ3v) is 3.61. The molecule has 0 bridgehead atoms. The van der Waals surface area contributed by atoms with Gasteiger partial charge in [-0.25, -0.2) is 5.06 Å². The van der Waals surface area contributed by atoms with Crippen LogP contribution in [0, 0.1) is 5.41 Å². The molecular formula is C12H12N2O3S. The van der Waals surface area contributed by atoms with Gasteiger partial charge in [0, 0.05) is 0 Å². The second-order valence-corrected chi connectivity index (χ2v) is 4.75. The summed E-state index contributed by atoms with van der Waals surface area (Å²) in [5.41, 5.74) is 1.26. The minimum absolute atomic E-state index is 0.248. The van der Waals surface area contributed by atoms with Gasteiger partial charge in [-0.2, -0.15) is 0 Å². The van der Waals surface area contributed by atoms with E-state index in [9.17, 15) is 10.0 Å². The molecule has 0 fully saturated rings. The first kappa shape index (κ1) is 12.7. The molecule has 1 aliphatic heterocycles. The van der Waals surface area contributed by atoms with Crippen LogP contribution < -0.4 is 0 Å². The van der Waals surface area contributed by atoms with Crippen LogP contribution in [0.3, 0.4) is 0 Å². The summed E-state index contributed by atoms with van der Waals surface area (Å²) in [5.74, 6) is -1.01. The number of hydroxylamine groups is 2. The molecule has 18 heavy (non-hydrogen) atoms. The van der Waals surface area contributed by atoms with Crippen molar-refractivity contribution < 1.29 is 15.1 Å². The van der Waals surface area contributed by atoms with Crippen LogP contribution in [0.1, 0.15) is 12.0 Å². The Morgan fingerprint density at radius 3 is 2.67 bits per heavy atom. The third kappa shape index (κ3) is 2.55. The first-order valence-electron chi connectivity index (χ1n) is 5.28. The molecule has 0 spiro atoms. The van der Waals surface area contributed by atoms with Crippen LogP contribution in [0.4, 0.5) is 0 Å². The van der Waals surface area contributed by atoms with E-state index in [2.05, 4.69) is 0 Å². The first-order valence-corrected chi connectivity index (χ1v) is 6.22. The Morgan fingerprint density at radius 2 is 2.06 bits per heavy atom. The summed E-state index contributed by atoms with van der Waals surface area (Å²) in [4.78, 5) is 10.6. The maximum absolute atomic E-state index is 10.6. The minimum atomic E-state index is -1.01. The molecule has 0 aromatic heterocycles. The number of hydrogen-bond acceptors (Lipinski definition) is 5. The SMILES string of the molecule is N=C(c1ccccc1)C1SC=C(CC(=O)O)N1O. The molecule has 1 aliphatic rings. The molecule has 1 heterocycles. The Morgan fingerprint density at radius 1 is 1.39 bits per heavy atom. The highest BCUT2D eigenvalue weighted by Gasteiger charge is 2.30. The number of carboxylic acids is 1. The van der Waals surface area contributed by atoms with Gasteiger partial charge in [-0.1, -0.05) is 42.1 Å². The second-order valence-electron chi connectivity index (χ2n) is 3.79. The van der Waals surface area contributed by atoms with E-state index in [1.807, 2.05) is 18.2 Å². The topological polar surface area (TPSA) is 84.6 Å². The van der Waals surface area contributed by atoms with Crippen molar-refractivity contribution in [1.82, 2.24) is 5.06 Å². The average Bonchev–Trinajstić information content (AvgIpc) is 2.71. The lowest BCUT2D eigenvalue weighted by Crippen LogP contribution is -2.32. The van der Waals surface area contributed by atoms with E-state index < -0.39 is 11.3 Å². The highest BCUT2D eigenvalue weighted by molar-refractivity contribution is 8.03. The van der Waals surface area contributed by atoms with E-state index in [0.717, 1.165) is 5.06 Å². The summed E-state index contributed by atoms with van der Waals surface area (Å²) < 4.78 is 0. The van der Waals surface area contributed by atoms with Crippen molar-refractivity contribution in [3.63, 3.8) is 0 Å². The smallest absolute Gasteiger partial charge is 0.309 e. The molecule has 1 aromatic carbocycles. The maximum Gasteiger partial charge on any atom is 0.309 e. The third-order valence-electron chi connectivity index (χ3n) is 2.51. The van der Waals surface area contributed by atoms with Crippen molar-refractivity contribution >= 4 is 23.4 Å². The summed E-state index contributed by atoms with van der Waals surface area (Å²) in [6.45, 7) is 0. The van der Waals surface area contributed by atoms with Gasteiger partial charge < -0.3 is 10.5 Å². The van der Waals surface area contributed by atoms with Crippen LogP contribution >= 0.6 is 11.8 Å². The number of carboxylic acid groups (broad SMARTS) is 1. The lowest BCUT2D eigenvalue weighted by atomic mass is 10.1. The second kappa shape index (κ2) is 5.24. The molecule has 6 heteroatoms. The van der Waals surface area contributed by atoms with E-state index in [0.29, 0.717) is 11.3 Å². The molecule has 0 saturated heterocycles. The summed E-state index contributed by atoms with van der Waals surface area (Å²) in [6.07, 6.45) is -0.248. The standard InChI is InChI=1S/C12H12N2O3S/c13-11(8-4-2-1-3-5-8)12-14(17)9(7-18-12)6-10(15)16/h1-5,7,12-13,17H,6H2,(H,15,16). The lowest BCUT2D eigenvalue weighted by Gasteiger charge is -2.22.